The van der Waals surface area contributed by atoms with Gasteiger partial charge in [0.2, 0.25) is 5.91 Å². The van der Waals surface area contributed by atoms with Crippen molar-refractivity contribution in [1.82, 2.24) is 5.32 Å². The topological polar surface area (TPSA) is 55.4 Å². The smallest absolute Gasteiger partial charge is 0.246 e. The Morgan fingerprint density at radius 3 is 2.71 bits per heavy atom. The zero-order valence-electron chi connectivity index (χ0n) is 9.04. The van der Waals surface area contributed by atoms with E-state index in [1.807, 2.05) is 13.8 Å². The van der Waals surface area contributed by atoms with Crippen LogP contribution >= 0.6 is 0 Å². The summed E-state index contributed by atoms with van der Waals surface area (Å²) in [5.74, 6) is -0.143. The largest absolute Gasteiger partial charge is 0.372 e. The van der Waals surface area contributed by atoms with Crippen LogP contribution in [0, 0.1) is 0 Å². The van der Waals surface area contributed by atoms with Crippen molar-refractivity contribution in [2.45, 2.75) is 25.5 Å². The van der Waals surface area contributed by atoms with E-state index in [9.17, 15) is 9.00 Å². The number of carbonyl (C=O) groups is 1. The van der Waals surface area contributed by atoms with Crippen LogP contribution in [0.25, 0.3) is 0 Å². The standard InChI is InChI=1S/C9H19NO3S/c1-4-5-13-7-9(11)10-6-8(2)14(3)12/h8H,4-7H2,1-3H3,(H,10,11). The van der Waals surface area contributed by atoms with Crippen LogP contribution in [-0.2, 0) is 20.3 Å². The minimum absolute atomic E-state index is 0.00914. The molecule has 0 saturated carbocycles. The Kier molecular flexibility index (Phi) is 7.70. The molecule has 0 saturated heterocycles. The van der Waals surface area contributed by atoms with E-state index in [2.05, 4.69) is 5.32 Å². The zero-order valence-corrected chi connectivity index (χ0v) is 9.86. The van der Waals surface area contributed by atoms with Crippen molar-refractivity contribution >= 4 is 16.7 Å². The molecule has 0 aromatic heterocycles. The lowest BCUT2D eigenvalue weighted by atomic mass is 10.4. The Morgan fingerprint density at radius 1 is 1.57 bits per heavy atom. The van der Waals surface area contributed by atoms with E-state index < -0.39 is 10.8 Å². The Bertz CT molecular complexity index is 196. The first kappa shape index (κ1) is 13.6. The van der Waals surface area contributed by atoms with Gasteiger partial charge in [0.1, 0.15) is 6.61 Å². The minimum atomic E-state index is -0.890. The maximum absolute atomic E-state index is 11.1. The highest BCUT2D eigenvalue weighted by molar-refractivity contribution is 7.84. The van der Waals surface area contributed by atoms with Crippen molar-refractivity contribution in [2.75, 3.05) is 26.0 Å². The van der Waals surface area contributed by atoms with Crippen LogP contribution < -0.4 is 5.32 Å². The van der Waals surface area contributed by atoms with Crippen LogP contribution in [0.4, 0.5) is 0 Å². The summed E-state index contributed by atoms with van der Waals surface area (Å²) >= 11 is 0. The van der Waals surface area contributed by atoms with E-state index in [1.165, 1.54) is 0 Å². The van der Waals surface area contributed by atoms with Gasteiger partial charge in [0, 0.05) is 35.5 Å². The third-order valence-corrected chi connectivity index (χ3v) is 3.03. The fraction of sp³-hybridized carbons (Fsp3) is 0.889. The van der Waals surface area contributed by atoms with Gasteiger partial charge < -0.3 is 10.1 Å². The van der Waals surface area contributed by atoms with E-state index >= 15 is 0 Å². The molecular weight excluding hydrogens is 202 g/mol. The quantitative estimate of drug-likeness (QED) is 0.629. The molecule has 0 rings (SSSR count). The highest BCUT2D eigenvalue weighted by atomic mass is 32.2. The minimum Gasteiger partial charge on any atom is -0.372 e. The van der Waals surface area contributed by atoms with Crippen molar-refractivity contribution in [3.8, 4) is 0 Å². The molecule has 0 fully saturated rings. The monoisotopic (exact) mass is 221 g/mol. The van der Waals surface area contributed by atoms with Gasteiger partial charge in [-0.1, -0.05) is 6.92 Å². The molecule has 2 atom stereocenters. The van der Waals surface area contributed by atoms with E-state index in [0.717, 1.165) is 6.42 Å². The van der Waals surface area contributed by atoms with Gasteiger partial charge in [0.25, 0.3) is 0 Å². The number of nitrogens with one attached hydrogen (secondary N) is 1. The molecule has 0 radical (unpaired) electrons. The first-order valence-electron chi connectivity index (χ1n) is 4.74. The normalized spacial score (nSPS) is 14.8. The van der Waals surface area contributed by atoms with Gasteiger partial charge in [-0.2, -0.15) is 0 Å². The Labute approximate surface area is 87.9 Å². The van der Waals surface area contributed by atoms with Crippen LogP contribution in [0.2, 0.25) is 0 Å². The molecule has 0 aromatic carbocycles. The number of ether oxygens (including phenoxy) is 1. The second kappa shape index (κ2) is 7.94. The van der Waals surface area contributed by atoms with E-state index in [4.69, 9.17) is 4.74 Å². The number of rotatable bonds is 7. The fourth-order valence-corrected chi connectivity index (χ4v) is 1.05. The summed E-state index contributed by atoms with van der Waals surface area (Å²) in [6.07, 6.45) is 2.53. The molecule has 84 valence electrons. The third kappa shape index (κ3) is 7.03. The number of carbonyl (C=O) groups excluding carboxylic acids is 1. The summed E-state index contributed by atoms with van der Waals surface area (Å²) in [4.78, 5) is 11.1. The molecule has 0 heterocycles. The highest BCUT2D eigenvalue weighted by Crippen LogP contribution is 1.89. The fourth-order valence-electron chi connectivity index (χ4n) is 0.735. The SMILES string of the molecule is CCCOCC(=O)NCC(C)S(C)=O. The lowest BCUT2D eigenvalue weighted by Gasteiger charge is -2.09. The van der Waals surface area contributed by atoms with Crippen LogP contribution in [0.1, 0.15) is 20.3 Å². The van der Waals surface area contributed by atoms with Crippen LogP contribution in [0.3, 0.4) is 0 Å². The van der Waals surface area contributed by atoms with Gasteiger partial charge in [0.05, 0.1) is 0 Å². The molecule has 0 aliphatic rings. The van der Waals surface area contributed by atoms with Gasteiger partial charge in [-0.15, -0.1) is 0 Å². The molecular formula is C9H19NO3S. The summed E-state index contributed by atoms with van der Waals surface area (Å²) < 4.78 is 16.0. The van der Waals surface area contributed by atoms with Crippen molar-refractivity contribution < 1.29 is 13.7 Å². The predicted molar refractivity (Wildman–Crippen MR) is 57.6 cm³/mol. The second-order valence-corrected chi connectivity index (χ2v) is 4.97. The first-order valence-corrected chi connectivity index (χ1v) is 6.36. The molecule has 5 heteroatoms. The molecule has 0 bridgehead atoms. The van der Waals surface area contributed by atoms with E-state index in [1.54, 1.807) is 6.26 Å². The Morgan fingerprint density at radius 2 is 2.21 bits per heavy atom. The van der Waals surface area contributed by atoms with Gasteiger partial charge in [-0.25, -0.2) is 0 Å². The zero-order chi connectivity index (χ0) is 11.0. The molecule has 0 spiro atoms. The number of amides is 1. The van der Waals surface area contributed by atoms with Crippen molar-refractivity contribution in [1.29, 1.82) is 0 Å². The van der Waals surface area contributed by atoms with Gasteiger partial charge in [-0.05, 0) is 13.3 Å². The second-order valence-electron chi connectivity index (χ2n) is 3.17. The van der Waals surface area contributed by atoms with Gasteiger partial charge in [-0.3, -0.25) is 9.00 Å². The number of hydrogen-bond acceptors (Lipinski definition) is 3. The maximum Gasteiger partial charge on any atom is 0.246 e. The first-order chi connectivity index (χ1) is 6.57. The molecule has 0 aliphatic carbocycles. The van der Waals surface area contributed by atoms with E-state index in [0.29, 0.717) is 13.2 Å². The molecule has 1 amide bonds. The van der Waals surface area contributed by atoms with E-state index in [-0.39, 0.29) is 17.8 Å². The summed E-state index contributed by atoms with van der Waals surface area (Å²) in [7, 11) is -0.890. The van der Waals surface area contributed by atoms with Crippen LogP contribution in [0.15, 0.2) is 0 Å². The lowest BCUT2D eigenvalue weighted by molar-refractivity contribution is -0.125. The summed E-state index contributed by atoms with van der Waals surface area (Å²) in [6.45, 7) is 4.96. The molecule has 14 heavy (non-hydrogen) atoms. The average molecular weight is 221 g/mol. The summed E-state index contributed by atoms with van der Waals surface area (Å²) in [6, 6.07) is 0. The van der Waals surface area contributed by atoms with Crippen molar-refractivity contribution in [3.05, 3.63) is 0 Å². The lowest BCUT2D eigenvalue weighted by Crippen LogP contribution is -2.34. The Balaban J connectivity index is 3.48. The maximum atomic E-state index is 11.1. The highest BCUT2D eigenvalue weighted by Gasteiger charge is 2.07. The average Bonchev–Trinajstić information content (AvgIpc) is 2.14. The number of hydrogen-bond donors (Lipinski definition) is 1. The van der Waals surface area contributed by atoms with Gasteiger partial charge in [0.15, 0.2) is 0 Å². The molecule has 2 unspecified atom stereocenters. The van der Waals surface area contributed by atoms with Crippen molar-refractivity contribution in [3.63, 3.8) is 0 Å². The molecule has 4 nitrogen and oxygen atoms in total. The third-order valence-electron chi connectivity index (χ3n) is 1.73. The van der Waals surface area contributed by atoms with Crippen molar-refractivity contribution in [2.24, 2.45) is 0 Å². The van der Waals surface area contributed by atoms with Crippen LogP contribution in [-0.4, -0.2) is 41.4 Å². The Hall–Kier alpha value is -0.420. The molecule has 1 N–H and O–H groups in total. The van der Waals surface area contributed by atoms with Gasteiger partial charge >= 0.3 is 0 Å². The predicted octanol–water partition coefficient (Wildman–Crippen LogP) is 0.296. The molecule has 0 aliphatic heterocycles. The summed E-state index contributed by atoms with van der Waals surface area (Å²) in [5.41, 5.74) is 0. The van der Waals surface area contributed by atoms with Crippen LogP contribution in [0.5, 0.6) is 0 Å². The molecule has 0 aromatic rings. The summed E-state index contributed by atoms with van der Waals surface area (Å²) in [5, 5.41) is 2.66.